The summed E-state index contributed by atoms with van der Waals surface area (Å²) >= 11 is 0. The number of nitrogens with two attached hydrogens (primary N) is 1. The standard InChI is InChI=1S/C12H19N3O2/c1-8-5-11(9(2)17-8)12(16)15-4-3-14-7-10(15)6-13/h5,10,14H,3-4,6-7,13H2,1-2H3. The zero-order valence-corrected chi connectivity index (χ0v) is 10.3. The van der Waals surface area contributed by atoms with Gasteiger partial charge in [-0.15, -0.1) is 0 Å². The minimum atomic E-state index is 0.0244. The molecule has 2 rings (SSSR count). The lowest BCUT2D eigenvalue weighted by atomic mass is 10.1. The number of hydrogen-bond donors (Lipinski definition) is 2. The number of piperazine rings is 1. The Morgan fingerprint density at radius 2 is 2.41 bits per heavy atom. The second-order valence-electron chi connectivity index (χ2n) is 4.42. The molecule has 0 aliphatic carbocycles. The zero-order valence-electron chi connectivity index (χ0n) is 10.3. The molecule has 1 aliphatic rings. The van der Waals surface area contributed by atoms with Crippen LogP contribution in [-0.4, -0.2) is 43.0 Å². The van der Waals surface area contributed by atoms with Gasteiger partial charge in [0.15, 0.2) is 0 Å². The predicted molar refractivity (Wildman–Crippen MR) is 64.9 cm³/mol. The molecular weight excluding hydrogens is 218 g/mol. The van der Waals surface area contributed by atoms with E-state index in [2.05, 4.69) is 5.32 Å². The van der Waals surface area contributed by atoms with Crippen molar-refractivity contribution in [3.05, 3.63) is 23.2 Å². The number of hydrogen-bond acceptors (Lipinski definition) is 4. The highest BCUT2D eigenvalue weighted by molar-refractivity contribution is 5.95. The first-order valence-corrected chi connectivity index (χ1v) is 5.92. The minimum absolute atomic E-state index is 0.0244. The molecule has 1 aliphatic heterocycles. The summed E-state index contributed by atoms with van der Waals surface area (Å²) in [7, 11) is 0. The van der Waals surface area contributed by atoms with Gasteiger partial charge in [-0.05, 0) is 19.9 Å². The third kappa shape index (κ3) is 2.35. The third-order valence-corrected chi connectivity index (χ3v) is 3.15. The molecule has 0 radical (unpaired) electrons. The van der Waals surface area contributed by atoms with Gasteiger partial charge in [-0.1, -0.05) is 0 Å². The number of furan rings is 1. The van der Waals surface area contributed by atoms with Crippen LogP contribution < -0.4 is 11.1 Å². The Bertz CT molecular complexity index is 414. The van der Waals surface area contributed by atoms with Crippen LogP contribution in [0.5, 0.6) is 0 Å². The van der Waals surface area contributed by atoms with E-state index in [1.165, 1.54) is 0 Å². The van der Waals surface area contributed by atoms with Crippen molar-refractivity contribution in [2.75, 3.05) is 26.2 Å². The van der Waals surface area contributed by atoms with Crippen LogP contribution in [0.4, 0.5) is 0 Å². The average Bonchev–Trinajstić information content (AvgIpc) is 2.67. The highest BCUT2D eigenvalue weighted by Crippen LogP contribution is 2.17. The van der Waals surface area contributed by atoms with Crippen molar-refractivity contribution >= 4 is 5.91 Å². The maximum atomic E-state index is 12.4. The minimum Gasteiger partial charge on any atom is -0.466 e. The van der Waals surface area contributed by atoms with Gasteiger partial charge in [0.2, 0.25) is 0 Å². The first kappa shape index (κ1) is 12.1. The van der Waals surface area contributed by atoms with E-state index in [1.54, 1.807) is 6.07 Å². The largest absolute Gasteiger partial charge is 0.466 e. The summed E-state index contributed by atoms with van der Waals surface area (Å²) in [4.78, 5) is 14.2. The molecule has 17 heavy (non-hydrogen) atoms. The number of aryl methyl sites for hydroxylation is 2. The first-order chi connectivity index (χ1) is 8.13. The van der Waals surface area contributed by atoms with Crippen molar-refractivity contribution in [1.82, 2.24) is 10.2 Å². The van der Waals surface area contributed by atoms with Crippen molar-refractivity contribution in [2.24, 2.45) is 5.73 Å². The molecule has 0 saturated carbocycles. The average molecular weight is 237 g/mol. The molecule has 0 bridgehead atoms. The van der Waals surface area contributed by atoms with Gasteiger partial charge in [0, 0.05) is 26.2 Å². The predicted octanol–water partition coefficient (Wildman–Crippen LogP) is 0.269. The van der Waals surface area contributed by atoms with Gasteiger partial charge in [0.1, 0.15) is 11.5 Å². The van der Waals surface area contributed by atoms with Crippen molar-refractivity contribution in [3.63, 3.8) is 0 Å². The Balaban J connectivity index is 2.21. The van der Waals surface area contributed by atoms with E-state index in [0.717, 1.165) is 18.8 Å². The molecule has 2 heterocycles. The van der Waals surface area contributed by atoms with E-state index < -0.39 is 0 Å². The molecule has 0 aromatic carbocycles. The van der Waals surface area contributed by atoms with Gasteiger partial charge in [-0.3, -0.25) is 4.79 Å². The van der Waals surface area contributed by atoms with Gasteiger partial charge in [0.25, 0.3) is 5.91 Å². The summed E-state index contributed by atoms with van der Waals surface area (Å²) in [6, 6.07) is 1.87. The summed E-state index contributed by atoms with van der Waals surface area (Å²) in [5, 5.41) is 3.24. The number of rotatable bonds is 2. The summed E-state index contributed by atoms with van der Waals surface area (Å²) in [5.74, 6) is 1.48. The van der Waals surface area contributed by atoms with Gasteiger partial charge in [-0.25, -0.2) is 0 Å². The summed E-state index contributed by atoms with van der Waals surface area (Å²) in [6.45, 7) is 6.43. The SMILES string of the molecule is Cc1cc(C(=O)N2CCNCC2CN)c(C)o1. The lowest BCUT2D eigenvalue weighted by Gasteiger charge is -2.35. The molecule has 94 valence electrons. The van der Waals surface area contributed by atoms with Crippen LogP contribution in [-0.2, 0) is 0 Å². The smallest absolute Gasteiger partial charge is 0.257 e. The van der Waals surface area contributed by atoms with Gasteiger partial charge in [0.05, 0.1) is 11.6 Å². The van der Waals surface area contributed by atoms with E-state index in [1.807, 2.05) is 18.7 Å². The molecule has 1 amide bonds. The topological polar surface area (TPSA) is 71.5 Å². The Morgan fingerprint density at radius 1 is 1.65 bits per heavy atom. The van der Waals surface area contributed by atoms with Crippen LogP contribution in [0.1, 0.15) is 21.9 Å². The van der Waals surface area contributed by atoms with Crippen LogP contribution in [0, 0.1) is 13.8 Å². The normalized spacial score (nSPS) is 20.6. The Labute approximate surface area is 101 Å². The summed E-state index contributed by atoms with van der Waals surface area (Å²) in [5.41, 5.74) is 6.35. The first-order valence-electron chi connectivity index (χ1n) is 5.92. The lowest BCUT2D eigenvalue weighted by molar-refractivity contribution is 0.0643. The monoisotopic (exact) mass is 237 g/mol. The second kappa shape index (κ2) is 4.89. The molecule has 3 N–H and O–H groups in total. The molecule has 1 fully saturated rings. The van der Waals surface area contributed by atoms with E-state index in [4.69, 9.17) is 10.2 Å². The highest BCUT2D eigenvalue weighted by atomic mass is 16.3. The van der Waals surface area contributed by atoms with Crippen molar-refractivity contribution in [3.8, 4) is 0 Å². The fraction of sp³-hybridized carbons (Fsp3) is 0.583. The number of carbonyl (C=O) groups is 1. The lowest BCUT2D eigenvalue weighted by Crippen LogP contribution is -2.56. The fourth-order valence-electron chi connectivity index (χ4n) is 2.24. The van der Waals surface area contributed by atoms with E-state index in [9.17, 15) is 4.79 Å². The molecule has 1 saturated heterocycles. The van der Waals surface area contributed by atoms with Gasteiger partial charge < -0.3 is 20.4 Å². The van der Waals surface area contributed by atoms with Crippen LogP contribution >= 0.6 is 0 Å². The maximum absolute atomic E-state index is 12.4. The molecule has 1 aromatic rings. The number of nitrogens with zero attached hydrogens (tertiary/aromatic N) is 1. The quantitative estimate of drug-likeness (QED) is 0.774. The number of nitrogens with one attached hydrogen (secondary N) is 1. The Kier molecular flexibility index (Phi) is 3.49. The van der Waals surface area contributed by atoms with Crippen molar-refractivity contribution in [1.29, 1.82) is 0 Å². The van der Waals surface area contributed by atoms with Crippen LogP contribution in [0.2, 0.25) is 0 Å². The van der Waals surface area contributed by atoms with Crippen molar-refractivity contribution in [2.45, 2.75) is 19.9 Å². The maximum Gasteiger partial charge on any atom is 0.257 e. The number of carbonyl (C=O) groups excluding carboxylic acids is 1. The molecule has 5 nitrogen and oxygen atoms in total. The fourth-order valence-corrected chi connectivity index (χ4v) is 2.24. The van der Waals surface area contributed by atoms with Crippen molar-refractivity contribution < 1.29 is 9.21 Å². The molecule has 5 heteroatoms. The Morgan fingerprint density at radius 3 is 3.00 bits per heavy atom. The third-order valence-electron chi connectivity index (χ3n) is 3.15. The summed E-state index contributed by atoms with van der Waals surface area (Å²) < 4.78 is 5.40. The zero-order chi connectivity index (χ0) is 12.4. The van der Waals surface area contributed by atoms with E-state index in [0.29, 0.717) is 24.4 Å². The van der Waals surface area contributed by atoms with Crippen LogP contribution in [0.15, 0.2) is 10.5 Å². The van der Waals surface area contributed by atoms with Gasteiger partial charge in [-0.2, -0.15) is 0 Å². The summed E-state index contributed by atoms with van der Waals surface area (Å²) in [6.07, 6.45) is 0. The molecular formula is C12H19N3O2. The highest BCUT2D eigenvalue weighted by Gasteiger charge is 2.28. The molecule has 1 unspecified atom stereocenters. The molecule has 1 aromatic heterocycles. The van der Waals surface area contributed by atoms with Gasteiger partial charge >= 0.3 is 0 Å². The molecule has 1 atom stereocenters. The van der Waals surface area contributed by atoms with Crippen LogP contribution in [0.3, 0.4) is 0 Å². The van der Waals surface area contributed by atoms with Crippen LogP contribution in [0.25, 0.3) is 0 Å². The Hall–Kier alpha value is -1.33. The second-order valence-corrected chi connectivity index (χ2v) is 4.42. The number of amides is 1. The molecule has 0 spiro atoms. The van der Waals surface area contributed by atoms with E-state index in [-0.39, 0.29) is 11.9 Å². The van der Waals surface area contributed by atoms with E-state index >= 15 is 0 Å².